The number of hydrogen-bond acceptors (Lipinski definition) is 6. The van der Waals surface area contributed by atoms with E-state index in [1.165, 1.54) is 6.07 Å². The van der Waals surface area contributed by atoms with Gasteiger partial charge in [-0.25, -0.2) is 8.42 Å². The van der Waals surface area contributed by atoms with E-state index in [9.17, 15) is 18.0 Å². The Labute approximate surface area is 168 Å². The summed E-state index contributed by atoms with van der Waals surface area (Å²) in [5, 5.41) is 0. The minimum Gasteiger partial charge on any atom is -0.463 e. The summed E-state index contributed by atoms with van der Waals surface area (Å²) in [6.07, 6.45) is 0.107. The fourth-order valence-corrected chi connectivity index (χ4v) is 4.65. The summed E-state index contributed by atoms with van der Waals surface area (Å²) < 4.78 is 31.7. The van der Waals surface area contributed by atoms with Gasteiger partial charge in [-0.3, -0.25) is 19.3 Å². The fraction of sp³-hybridized carbons (Fsp3) is 0.250. The zero-order chi connectivity index (χ0) is 20.4. The molecular formula is C20H19N3O5S. The van der Waals surface area contributed by atoms with Gasteiger partial charge < -0.3 is 9.64 Å². The Balaban J connectivity index is 1.32. The molecule has 0 spiro atoms. The Morgan fingerprint density at radius 1 is 1.14 bits per heavy atom. The van der Waals surface area contributed by atoms with Crippen molar-refractivity contribution in [3.63, 3.8) is 0 Å². The first-order valence-electron chi connectivity index (χ1n) is 9.14. The van der Waals surface area contributed by atoms with Crippen LogP contribution in [0.2, 0.25) is 0 Å². The van der Waals surface area contributed by atoms with E-state index in [-0.39, 0.29) is 42.8 Å². The van der Waals surface area contributed by atoms with Crippen LogP contribution in [0.4, 0.5) is 5.69 Å². The van der Waals surface area contributed by atoms with E-state index in [1.807, 2.05) is 30.3 Å². The second-order valence-electron chi connectivity index (χ2n) is 6.74. The molecule has 0 saturated carbocycles. The molecule has 0 aliphatic carbocycles. The average Bonchev–Trinajstić information content (AvgIpc) is 3.23. The van der Waals surface area contributed by atoms with Crippen molar-refractivity contribution in [3.05, 3.63) is 60.2 Å². The summed E-state index contributed by atoms with van der Waals surface area (Å²) in [5.41, 5.74) is 1.25. The number of sulfonamides is 1. The van der Waals surface area contributed by atoms with Crippen LogP contribution in [-0.4, -0.2) is 45.8 Å². The number of aliphatic imine (C=N–C) groups is 1. The number of amides is 1. The maximum absolute atomic E-state index is 12.3. The van der Waals surface area contributed by atoms with Gasteiger partial charge in [-0.15, -0.1) is 0 Å². The molecule has 0 unspecified atom stereocenters. The van der Waals surface area contributed by atoms with Gasteiger partial charge >= 0.3 is 5.97 Å². The number of para-hydroxylation sites is 1. The van der Waals surface area contributed by atoms with Crippen LogP contribution in [0.25, 0.3) is 0 Å². The van der Waals surface area contributed by atoms with E-state index in [0.29, 0.717) is 5.56 Å². The standard InChI is InChI=1S/C20H19N3O5S/c24-18-12-14(13-23(18)15-6-2-1-3-7-15)20(25)28-11-10-21-19-16-8-4-5-9-17(16)29(26,27)22-19/h1-9,14H,10-13H2,(H,21,22)/t14-/m1/s1. The van der Waals surface area contributed by atoms with Crippen molar-refractivity contribution in [1.82, 2.24) is 4.72 Å². The van der Waals surface area contributed by atoms with E-state index in [4.69, 9.17) is 4.74 Å². The third-order valence-electron chi connectivity index (χ3n) is 4.79. The van der Waals surface area contributed by atoms with Crippen molar-refractivity contribution in [2.75, 3.05) is 24.6 Å². The van der Waals surface area contributed by atoms with Crippen molar-refractivity contribution in [3.8, 4) is 0 Å². The predicted octanol–water partition coefficient (Wildman–Crippen LogP) is 1.32. The molecule has 8 nitrogen and oxygen atoms in total. The predicted molar refractivity (Wildman–Crippen MR) is 106 cm³/mol. The molecule has 0 aromatic heterocycles. The van der Waals surface area contributed by atoms with Gasteiger partial charge in [0.15, 0.2) is 0 Å². The van der Waals surface area contributed by atoms with E-state index < -0.39 is 21.9 Å². The molecule has 0 bridgehead atoms. The number of carbonyl (C=O) groups excluding carboxylic acids is 2. The van der Waals surface area contributed by atoms with Gasteiger partial charge in [0.2, 0.25) is 5.91 Å². The smallest absolute Gasteiger partial charge is 0.311 e. The number of rotatable bonds is 5. The highest BCUT2D eigenvalue weighted by atomic mass is 32.2. The first kappa shape index (κ1) is 19.1. The Morgan fingerprint density at radius 3 is 2.66 bits per heavy atom. The number of amidine groups is 1. The van der Waals surface area contributed by atoms with E-state index >= 15 is 0 Å². The number of nitrogens with one attached hydrogen (secondary N) is 1. The number of anilines is 1. The lowest BCUT2D eigenvalue weighted by Gasteiger charge is -2.16. The molecule has 1 amide bonds. The maximum Gasteiger partial charge on any atom is 0.311 e. The number of ether oxygens (including phenoxy) is 1. The van der Waals surface area contributed by atoms with Gasteiger partial charge in [0.25, 0.3) is 10.0 Å². The highest BCUT2D eigenvalue weighted by Gasteiger charge is 2.36. The van der Waals surface area contributed by atoms with Gasteiger partial charge in [0.1, 0.15) is 12.4 Å². The van der Waals surface area contributed by atoms with Gasteiger partial charge in [-0.1, -0.05) is 30.3 Å². The van der Waals surface area contributed by atoms with Crippen molar-refractivity contribution in [2.24, 2.45) is 10.9 Å². The number of esters is 1. The second kappa shape index (κ2) is 7.67. The quantitative estimate of drug-likeness (QED) is 0.588. The van der Waals surface area contributed by atoms with Crippen molar-refractivity contribution in [1.29, 1.82) is 0 Å². The fourth-order valence-electron chi connectivity index (χ4n) is 3.40. The molecule has 2 aliphatic rings. The van der Waals surface area contributed by atoms with Crippen LogP contribution in [-0.2, 0) is 24.3 Å². The highest BCUT2D eigenvalue weighted by molar-refractivity contribution is 7.90. The zero-order valence-electron chi connectivity index (χ0n) is 15.4. The Morgan fingerprint density at radius 2 is 1.86 bits per heavy atom. The number of hydrogen-bond donors (Lipinski definition) is 1. The highest BCUT2D eigenvalue weighted by Crippen LogP contribution is 2.25. The van der Waals surface area contributed by atoms with Crippen LogP contribution in [0.5, 0.6) is 0 Å². The van der Waals surface area contributed by atoms with Crippen LogP contribution in [0.3, 0.4) is 0 Å². The van der Waals surface area contributed by atoms with Crippen molar-refractivity contribution in [2.45, 2.75) is 11.3 Å². The molecule has 2 aromatic carbocycles. The molecule has 1 atom stereocenters. The third-order valence-corrected chi connectivity index (χ3v) is 6.19. The molecule has 1 N–H and O–H groups in total. The summed E-state index contributed by atoms with van der Waals surface area (Å²) >= 11 is 0. The third kappa shape index (κ3) is 3.86. The molecule has 9 heteroatoms. The van der Waals surface area contributed by atoms with Crippen LogP contribution < -0.4 is 9.62 Å². The first-order valence-corrected chi connectivity index (χ1v) is 10.6. The summed E-state index contributed by atoms with van der Waals surface area (Å²) in [7, 11) is -3.59. The Hall–Kier alpha value is -3.20. The lowest BCUT2D eigenvalue weighted by atomic mass is 10.1. The van der Waals surface area contributed by atoms with E-state index in [0.717, 1.165) is 5.69 Å². The second-order valence-corrected chi connectivity index (χ2v) is 8.39. The van der Waals surface area contributed by atoms with Crippen LogP contribution in [0, 0.1) is 5.92 Å². The number of nitrogens with zero attached hydrogens (tertiary/aromatic N) is 2. The summed E-state index contributed by atoms with van der Waals surface area (Å²) in [4.78, 5) is 30.5. The molecule has 29 heavy (non-hydrogen) atoms. The Bertz CT molecular complexity index is 1080. The molecule has 1 fully saturated rings. The van der Waals surface area contributed by atoms with Crippen molar-refractivity contribution < 1.29 is 22.7 Å². The minimum absolute atomic E-state index is 0.00224. The summed E-state index contributed by atoms with van der Waals surface area (Å²) in [6.45, 7) is 0.395. The SMILES string of the molecule is O=C(OCCN=C1NS(=O)(=O)c2ccccc21)[C@@H]1CC(=O)N(c2ccccc2)C1. The number of fused-ring (bicyclic) bond motifs is 1. The largest absolute Gasteiger partial charge is 0.463 e. The molecule has 4 rings (SSSR count). The van der Waals surface area contributed by atoms with Crippen molar-refractivity contribution >= 4 is 33.4 Å². The number of benzene rings is 2. The zero-order valence-corrected chi connectivity index (χ0v) is 16.3. The lowest BCUT2D eigenvalue weighted by molar-refractivity contribution is -0.148. The van der Waals surface area contributed by atoms with Crippen LogP contribution in [0.1, 0.15) is 12.0 Å². The van der Waals surface area contributed by atoms with Crippen LogP contribution in [0.15, 0.2) is 64.5 Å². The van der Waals surface area contributed by atoms with Gasteiger partial charge in [0, 0.05) is 24.2 Å². The van der Waals surface area contributed by atoms with Gasteiger partial charge in [-0.2, -0.15) is 0 Å². The maximum atomic E-state index is 12.3. The summed E-state index contributed by atoms with van der Waals surface area (Å²) in [5.74, 6) is -0.858. The molecule has 0 radical (unpaired) electrons. The molecule has 2 aromatic rings. The molecular weight excluding hydrogens is 394 g/mol. The van der Waals surface area contributed by atoms with E-state index in [2.05, 4.69) is 9.71 Å². The monoisotopic (exact) mass is 413 g/mol. The lowest BCUT2D eigenvalue weighted by Crippen LogP contribution is -2.26. The normalized spacial score (nSPS) is 21.1. The van der Waals surface area contributed by atoms with Gasteiger partial charge in [-0.05, 0) is 24.3 Å². The molecule has 150 valence electrons. The van der Waals surface area contributed by atoms with Gasteiger partial charge in [0.05, 0.1) is 17.4 Å². The molecule has 2 heterocycles. The number of carbonyl (C=O) groups is 2. The minimum atomic E-state index is -3.59. The topological polar surface area (TPSA) is 105 Å². The first-order chi connectivity index (χ1) is 14.0. The van der Waals surface area contributed by atoms with Crippen LogP contribution >= 0.6 is 0 Å². The molecule has 2 aliphatic heterocycles. The molecule has 1 saturated heterocycles. The average molecular weight is 413 g/mol. The Kier molecular flexibility index (Phi) is 5.06. The summed E-state index contributed by atoms with van der Waals surface area (Å²) in [6, 6.07) is 15.7. The van der Waals surface area contributed by atoms with E-state index in [1.54, 1.807) is 23.1 Å².